The molecule has 0 radical (unpaired) electrons. The van der Waals surface area contributed by atoms with Gasteiger partial charge in [0.25, 0.3) is 0 Å². The minimum Gasteiger partial charge on any atom is -0.493 e. The van der Waals surface area contributed by atoms with Crippen LogP contribution in [-0.4, -0.2) is 65.3 Å². The van der Waals surface area contributed by atoms with Crippen LogP contribution in [-0.2, 0) is 11.3 Å². The fourth-order valence-corrected chi connectivity index (χ4v) is 3.52. The minimum absolute atomic E-state index is 0.00467. The maximum Gasteiger partial charge on any atom is 0.241 e. The quantitative estimate of drug-likeness (QED) is 0.472. The van der Waals surface area contributed by atoms with Gasteiger partial charge in [0.2, 0.25) is 11.7 Å². The maximum atomic E-state index is 12.0. The Bertz CT molecular complexity index is 690. The molecule has 1 amide bonds. The molecule has 0 unspecified atom stereocenters. The number of likely N-dealkylation sites (N-methyl/N-ethyl adjacent to an activating group) is 1. The van der Waals surface area contributed by atoms with Crippen LogP contribution in [0.5, 0.6) is 17.2 Å². The minimum atomic E-state index is -0.00467. The van der Waals surface area contributed by atoms with Crippen molar-refractivity contribution in [3.05, 3.63) is 17.7 Å². The summed E-state index contributed by atoms with van der Waals surface area (Å²) in [6, 6.07) is 3.77. The molecule has 0 aromatic heterocycles. The van der Waals surface area contributed by atoms with Gasteiger partial charge < -0.3 is 29.7 Å². The van der Waals surface area contributed by atoms with E-state index in [1.54, 1.807) is 40.3 Å². The van der Waals surface area contributed by atoms with Gasteiger partial charge in [-0.05, 0) is 36.5 Å². The van der Waals surface area contributed by atoms with E-state index in [2.05, 4.69) is 15.6 Å². The highest BCUT2D eigenvalue weighted by Gasteiger charge is 2.15. The van der Waals surface area contributed by atoms with Crippen molar-refractivity contribution in [2.45, 2.75) is 38.6 Å². The number of nitrogens with zero attached hydrogens (tertiary/aromatic N) is 2. The van der Waals surface area contributed by atoms with Crippen LogP contribution < -0.4 is 24.8 Å². The van der Waals surface area contributed by atoms with E-state index in [1.807, 2.05) is 12.1 Å². The van der Waals surface area contributed by atoms with Gasteiger partial charge in [0.1, 0.15) is 0 Å². The second-order valence-electron chi connectivity index (χ2n) is 7.73. The number of methoxy groups -OCH3 is 3. The SMILES string of the molecule is COc1cc(CN=C(NCC(=O)N(C)C)NCC2CCCCC2)cc(OC)c1OC. The van der Waals surface area contributed by atoms with E-state index in [4.69, 9.17) is 14.2 Å². The van der Waals surface area contributed by atoms with Crippen molar-refractivity contribution < 1.29 is 19.0 Å². The van der Waals surface area contributed by atoms with Crippen LogP contribution in [0.15, 0.2) is 17.1 Å². The summed E-state index contributed by atoms with van der Waals surface area (Å²) in [6.07, 6.45) is 6.38. The van der Waals surface area contributed by atoms with E-state index >= 15 is 0 Å². The number of benzene rings is 1. The van der Waals surface area contributed by atoms with Gasteiger partial charge in [0, 0.05) is 20.6 Å². The largest absolute Gasteiger partial charge is 0.493 e. The van der Waals surface area contributed by atoms with Crippen molar-refractivity contribution in [2.75, 3.05) is 48.5 Å². The molecule has 1 aromatic rings. The summed E-state index contributed by atoms with van der Waals surface area (Å²) in [5, 5.41) is 6.57. The average Bonchev–Trinajstić information content (AvgIpc) is 2.77. The van der Waals surface area contributed by atoms with E-state index in [9.17, 15) is 4.79 Å². The van der Waals surface area contributed by atoms with Crippen LogP contribution in [0.25, 0.3) is 0 Å². The molecule has 1 aliphatic rings. The zero-order valence-electron chi connectivity index (χ0n) is 18.9. The number of carbonyl (C=O) groups is 1. The third kappa shape index (κ3) is 7.00. The number of ether oxygens (including phenoxy) is 3. The van der Waals surface area contributed by atoms with Crippen LogP contribution in [0.2, 0.25) is 0 Å². The topological polar surface area (TPSA) is 84.4 Å². The maximum absolute atomic E-state index is 12.0. The molecule has 0 spiro atoms. The van der Waals surface area contributed by atoms with Crippen molar-refractivity contribution in [2.24, 2.45) is 10.9 Å². The molecule has 0 heterocycles. The van der Waals surface area contributed by atoms with Gasteiger partial charge in [-0.2, -0.15) is 0 Å². The van der Waals surface area contributed by atoms with E-state index in [-0.39, 0.29) is 12.5 Å². The predicted octanol–water partition coefficient (Wildman–Crippen LogP) is 2.42. The highest BCUT2D eigenvalue weighted by Crippen LogP contribution is 2.38. The smallest absolute Gasteiger partial charge is 0.241 e. The average molecular weight is 421 g/mol. The highest BCUT2D eigenvalue weighted by molar-refractivity contribution is 5.86. The number of aliphatic imine (C=N–C) groups is 1. The molecule has 168 valence electrons. The summed E-state index contributed by atoms with van der Waals surface area (Å²) in [7, 11) is 8.25. The van der Waals surface area contributed by atoms with E-state index in [0.29, 0.717) is 35.7 Å². The van der Waals surface area contributed by atoms with Crippen LogP contribution in [0.1, 0.15) is 37.7 Å². The molecule has 30 heavy (non-hydrogen) atoms. The monoisotopic (exact) mass is 420 g/mol. The van der Waals surface area contributed by atoms with E-state index in [0.717, 1.165) is 12.1 Å². The number of rotatable bonds is 9. The summed E-state index contributed by atoms with van der Waals surface area (Å²) >= 11 is 0. The van der Waals surface area contributed by atoms with E-state index in [1.165, 1.54) is 32.1 Å². The van der Waals surface area contributed by atoms with Gasteiger partial charge in [0.05, 0.1) is 34.4 Å². The van der Waals surface area contributed by atoms with Crippen LogP contribution in [0.3, 0.4) is 0 Å². The molecule has 8 heteroatoms. The molecule has 0 bridgehead atoms. The zero-order valence-corrected chi connectivity index (χ0v) is 18.9. The first kappa shape index (κ1) is 23.6. The van der Waals surface area contributed by atoms with Crippen molar-refractivity contribution >= 4 is 11.9 Å². The summed E-state index contributed by atoms with van der Waals surface area (Å²) in [5.74, 6) is 3.01. The summed E-state index contributed by atoms with van der Waals surface area (Å²) in [6.45, 7) is 1.46. The van der Waals surface area contributed by atoms with Crippen LogP contribution in [0.4, 0.5) is 0 Å². The van der Waals surface area contributed by atoms with Crippen molar-refractivity contribution in [3.63, 3.8) is 0 Å². The Morgan fingerprint density at radius 2 is 1.67 bits per heavy atom. The van der Waals surface area contributed by atoms with Crippen LogP contribution >= 0.6 is 0 Å². The number of hydrogen-bond donors (Lipinski definition) is 2. The second-order valence-corrected chi connectivity index (χ2v) is 7.73. The lowest BCUT2D eigenvalue weighted by Gasteiger charge is -2.23. The molecule has 1 fully saturated rings. The predicted molar refractivity (Wildman–Crippen MR) is 119 cm³/mol. The first-order valence-electron chi connectivity index (χ1n) is 10.5. The lowest BCUT2D eigenvalue weighted by atomic mass is 9.89. The third-order valence-electron chi connectivity index (χ3n) is 5.33. The fourth-order valence-electron chi connectivity index (χ4n) is 3.52. The lowest BCUT2D eigenvalue weighted by molar-refractivity contribution is -0.127. The lowest BCUT2D eigenvalue weighted by Crippen LogP contribution is -2.44. The summed E-state index contributed by atoms with van der Waals surface area (Å²) in [4.78, 5) is 18.2. The molecule has 1 aromatic carbocycles. The van der Waals surface area contributed by atoms with Gasteiger partial charge >= 0.3 is 0 Å². The summed E-state index contributed by atoms with van der Waals surface area (Å²) < 4.78 is 16.2. The molecular weight excluding hydrogens is 384 g/mol. The highest BCUT2D eigenvalue weighted by atomic mass is 16.5. The normalized spacial score (nSPS) is 14.8. The van der Waals surface area contributed by atoms with Crippen molar-refractivity contribution in [1.29, 1.82) is 0 Å². The molecule has 8 nitrogen and oxygen atoms in total. The molecule has 2 rings (SSSR count). The molecular formula is C22H36N4O4. The zero-order chi connectivity index (χ0) is 21.9. The number of nitrogens with one attached hydrogen (secondary N) is 2. The Morgan fingerprint density at radius 1 is 1.03 bits per heavy atom. The van der Waals surface area contributed by atoms with Gasteiger partial charge in [0.15, 0.2) is 17.5 Å². The fraction of sp³-hybridized carbons (Fsp3) is 0.636. The Labute approximate surface area is 180 Å². The van der Waals surface area contributed by atoms with Gasteiger partial charge in [-0.15, -0.1) is 0 Å². The molecule has 0 atom stereocenters. The Hall–Kier alpha value is -2.64. The third-order valence-corrected chi connectivity index (χ3v) is 5.33. The number of guanidine groups is 1. The van der Waals surface area contributed by atoms with Gasteiger partial charge in [-0.3, -0.25) is 4.79 Å². The molecule has 0 aliphatic heterocycles. The van der Waals surface area contributed by atoms with Crippen molar-refractivity contribution in [1.82, 2.24) is 15.5 Å². The number of amides is 1. The molecule has 2 N–H and O–H groups in total. The van der Waals surface area contributed by atoms with Gasteiger partial charge in [-0.25, -0.2) is 4.99 Å². The van der Waals surface area contributed by atoms with Gasteiger partial charge in [-0.1, -0.05) is 19.3 Å². The first-order valence-corrected chi connectivity index (χ1v) is 10.5. The molecule has 1 saturated carbocycles. The van der Waals surface area contributed by atoms with Crippen molar-refractivity contribution in [3.8, 4) is 17.2 Å². The molecule has 1 aliphatic carbocycles. The van der Waals surface area contributed by atoms with E-state index < -0.39 is 0 Å². The summed E-state index contributed by atoms with van der Waals surface area (Å²) in [5.41, 5.74) is 0.919. The Morgan fingerprint density at radius 3 is 2.20 bits per heavy atom. The standard InChI is InChI=1S/C22H36N4O4/c1-26(2)20(27)15-25-22(23-13-16-9-7-6-8-10-16)24-14-17-11-18(28-3)21(30-5)19(12-17)29-4/h11-12,16H,6-10,13-15H2,1-5H3,(H2,23,24,25). The Balaban J connectivity index is 2.12. The van der Waals surface area contributed by atoms with Crippen LogP contribution in [0, 0.1) is 5.92 Å². The molecule has 0 saturated heterocycles. The Kier molecular flexibility index (Phi) is 9.57. The number of carbonyl (C=O) groups excluding carboxylic acids is 1. The number of hydrogen-bond acceptors (Lipinski definition) is 5. The first-order chi connectivity index (χ1) is 14.5. The second kappa shape index (κ2) is 12.1.